The highest BCUT2D eigenvalue weighted by Crippen LogP contribution is 2.26. The lowest BCUT2D eigenvalue weighted by atomic mass is 10.1. The Morgan fingerprint density at radius 2 is 1.77 bits per heavy atom. The zero-order chi connectivity index (χ0) is 15.7. The van der Waals surface area contributed by atoms with Gasteiger partial charge in [-0.3, -0.25) is 4.79 Å². The Bertz CT molecular complexity index is 816. The fourth-order valence-electron chi connectivity index (χ4n) is 2.29. The highest BCUT2D eigenvalue weighted by atomic mass is 16.5. The predicted molar refractivity (Wildman–Crippen MR) is 87.0 cm³/mol. The first-order chi connectivity index (χ1) is 10.6. The van der Waals surface area contributed by atoms with E-state index in [0.717, 1.165) is 16.8 Å². The molecule has 0 unspecified atom stereocenters. The van der Waals surface area contributed by atoms with Crippen LogP contribution < -0.4 is 9.64 Å². The Balaban J connectivity index is 1.96. The lowest BCUT2D eigenvalue weighted by Gasteiger charge is -2.11. The van der Waals surface area contributed by atoms with Gasteiger partial charge in [0, 0.05) is 36.8 Å². The Hall–Kier alpha value is -2.75. The first-order valence-corrected chi connectivity index (χ1v) is 6.98. The van der Waals surface area contributed by atoms with Crippen LogP contribution in [0.3, 0.4) is 0 Å². The average Bonchev–Trinajstić information content (AvgIpc) is 2.97. The number of hydrogen-bond donors (Lipinski definition) is 0. The van der Waals surface area contributed by atoms with Crippen LogP contribution in [0, 0.1) is 0 Å². The third-order valence-corrected chi connectivity index (χ3v) is 3.60. The SMILES string of the molecule is COc1ccc(C(=O)c2cc3ccc(N(C)C)cc3o2)cc1. The molecule has 0 amide bonds. The summed E-state index contributed by atoms with van der Waals surface area (Å²) in [5, 5.41) is 0.919. The molecule has 3 aromatic rings. The first kappa shape index (κ1) is 14.2. The van der Waals surface area contributed by atoms with E-state index in [-0.39, 0.29) is 5.78 Å². The van der Waals surface area contributed by atoms with Gasteiger partial charge < -0.3 is 14.1 Å². The highest BCUT2D eigenvalue weighted by molar-refractivity contribution is 6.09. The van der Waals surface area contributed by atoms with Crippen LogP contribution in [0.5, 0.6) is 5.75 Å². The van der Waals surface area contributed by atoms with E-state index in [9.17, 15) is 4.79 Å². The molecule has 1 aromatic heterocycles. The summed E-state index contributed by atoms with van der Waals surface area (Å²) < 4.78 is 10.8. The van der Waals surface area contributed by atoms with Gasteiger partial charge >= 0.3 is 0 Å². The van der Waals surface area contributed by atoms with Crippen molar-refractivity contribution in [3.05, 3.63) is 59.9 Å². The molecule has 112 valence electrons. The number of ketones is 1. The van der Waals surface area contributed by atoms with Gasteiger partial charge in [0.2, 0.25) is 5.78 Å². The van der Waals surface area contributed by atoms with Gasteiger partial charge in [0.05, 0.1) is 7.11 Å². The molecule has 0 spiro atoms. The van der Waals surface area contributed by atoms with E-state index >= 15 is 0 Å². The van der Waals surface area contributed by atoms with Crippen LogP contribution in [0.2, 0.25) is 0 Å². The number of anilines is 1. The summed E-state index contributed by atoms with van der Waals surface area (Å²) in [4.78, 5) is 14.5. The Morgan fingerprint density at radius 1 is 1.05 bits per heavy atom. The molecule has 0 radical (unpaired) electrons. The monoisotopic (exact) mass is 295 g/mol. The van der Waals surface area contributed by atoms with Gasteiger partial charge in [-0.05, 0) is 42.5 Å². The van der Waals surface area contributed by atoms with Crippen molar-refractivity contribution in [1.29, 1.82) is 0 Å². The summed E-state index contributed by atoms with van der Waals surface area (Å²) in [7, 11) is 5.53. The maximum atomic E-state index is 12.5. The van der Waals surface area contributed by atoms with Gasteiger partial charge in [-0.2, -0.15) is 0 Å². The van der Waals surface area contributed by atoms with E-state index in [1.54, 1.807) is 37.4 Å². The number of carbonyl (C=O) groups is 1. The summed E-state index contributed by atoms with van der Waals surface area (Å²) in [5.41, 5.74) is 2.32. The van der Waals surface area contributed by atoms with E-state index in [4.69, 9.17) is 9.15 Å². The third-order valence-electron chi connectivity index (χ3n) is 3.60. The highest BCUT2D eigenvalue weighted by Gasteiger charge is 2.15. The molecule has 0 aliphatic rings. The molecule has 0 N–H and O–H groups in total. The summed E-state index contributed by atoms with van der Waals surface area (Å²) in [6.07, 6.45) is 0. The van der Waals surface area contributed by atoms with Gasteiger partial charge in [-0.25, -0.2) is 0 Å². The molecular formula is C18H17NO3. The van der Waals surface area contributed by atoms with E-state index in [0.29, 0.717) is 16.9 Å². The Kier molecular flexibility index (Phi) is 3.59. The number of benzene rings is 2. The average molecular weight is 295 g/mol. The minimum Gasteiger partial charge on any atom is -0.497 e. The molecule has 0 bridgehead atoms. The summed E-state index contributed by atoms with van der Waals surface area (Å²) in [6, 6.07) is 14.7. The van der Waals surface area contributed by atoms with Crippen LogP contribution in [0.25, 0.3) is 11.0 Å². The van der Waals surface area contributed by atoms with E-state index < -0.39 is 0 Å². The quantitative estimate of drug-likeness (QED) is 0.688. The van der Waals surface area contributed by atoms with Crippen molar-refractivity contribution in [3.63, 3.8) is 0 Å². The lowest BCUT2D eigenvalue weighted by Crippen LogP contribution is -2.07. The number of rotatable bonds is 4. The molecule has 4 heteroatoms. The van der Waals surface area contributed by atoms with Crippen molar-refractivity contribution < 1.29 is 13.9 Å². The van der Waals surface area contributed by atoms with Crippen LogP contribution >= 0.6 is 0 Å². The maximum Gasteiger partial charge on any atom is 0.228 e. The van der Waals surface area contributed by atoms with Gasteiger partial charge in [-0.15, -0.1) is 0 Å². The molecule has 0 aliphatic heterocycles. The minimum absolute atomic E-state index is 0.134. The number of hydrogen-bond acceptors (Lipinski definition) is 4. The van der Waals surface area contributed by atoms with Crippen LogP contribution in [-0.4, -0.2) is 27.0 Å². The summed E-state index contributed by atoms with van der Waals surface area (Å²) in [5.74, 6) is 0.929. The lowest BCUT2D eigenvalue weighted by molar-refractivity contribution is 0.101. The molecule has 2 aromatic carbocycles. The van der Waals surface area contributed by atoms with E-state index in [1.165, 1.54) is 0 Å². The number of furan rings is 1. The van der Waals surface area contributed by atoms with Crippen LogP contribution in [0.15, 0.2) is 52.9 Å². The fraction of sp³-hybridized carbons (Fsp3) is 0.167. The largest absolute Gasteiger partial charge is 0.497 e. The van der Waals surface area contributed by atoms with Gasteiger partial charge in [-0.1, -0.05) is 0 Å². The van der Waals surface area contributed by atoms with Crippen LogP contribution in [0.1, 0.15) is 16.1 Å². The fourth-order valence-corrected chi connectivity index (χ4v) is 2.29. The van der Waals surface area contributed by atoms with Crippen molar-refractivity contribution in [2.45, 2.75) is 0 Å². The van der Waals surface area contributed by atoms with Crippen molar-refractivity contribution in [2.75, 3.05) is 26.1 Å². The maximum absolute atomic E-state index is 12.5. The zero-order valence-corrected chi connectivity index (χ0v) is 12.8. The zero-order valence-electron chi connectivity index (χ0n) is 12.8. The molecule has 0 fully saturated rings. The van der Waals surface area contributed by atoms with Crippen molar-refractivity contribution in [3.8, 4) is 5.75 Å². The topological polar surface area (TPSA) is 42.7 Å². The second kappa shape index (κ2) is 5.56. The summed E-state index contributed by atoms with van der Waals surface area (Å²) in [6.45, 7) is 0. The predicted octanol–water partition coefficient (Wildman–Crippen LogP) is 3.74. The van der Waals surface area contributed by atoms with Crippen LogP contribution in [0.4, 0.5) is 5.69 Å². The van der Waals surface area contributed by atoms with Gasteiger partial charge in [0.1, 0.15) is 11.3 Å². The molecule has 22 heavy (non-hydrogen) atoms. The molecule has 1 heterocycles. The molecule has 0 aliphatic carbocycles. The van der Waals surface area contributed by atoms with E-state index in [2.05, 4.69) is 0 Å². The molecule has 3 rings (SSSR count). The standard InChI is InChI=1S/C18H17NO3/c1-19(2)14-7-4-13-10-17(22-16(13)11-14)18(20)12-5-8-15(21-3)9-6-12/h4-11H,1-3H3. The molecule has 0 atom stereocenters. The van der Waals surface area contributed by atoms with Gasteiger partial charge in [0.15, 0.2) is 5.76 Å². The summed E-state index contributed by atoms with van der Waals surface area (Å²) >= 11 is 0. The molecular weight excluding hydrogens is 278 g/mol. The first-order valence-electron chi connectivity index (χ1n) is 6.98. The smallest absolute Gasteiger partial charge is 0.228 e. The normalized spacial score (nSPS) is 10.7. The minimum atomic E-state index is -0.134. The Morgan fingerprint density at radius 3 is 2.41 bits per heavy atom. The van der Waals surface area contributed by atoms with Crippen molar-refractivity contribution in [1.82, 2.24) is 0 Å². The molecule has 4 nitrogen and oxygen atoms in total. The second-order valence-corrected chi connectivity index (χ2v) is 5.28. The van der Waals surface area contributed by atoms with E-state index in [1.807, 2.05) is 37.2 Å². The number of methoxy groups -OCH3 is 1. The molecule has 0 saturated carbocycles. The second-order valence-electron chi connectivity index (χ2n) is 5.28. The van der Waals surface area contributed by atoms with Gasteiger partial charge in [0.25, 0.3) is 0 Å². The number of carbonyl (C=O) groups excluding carboxylic acids is 1. The molecule has 0 saturated heterocycles. The Labute approximate surface area is 128 Å². The van der Waals surface area contributed by atoms with Crippen LogP contribution in [-0.2, 0) is 0 Å². The number of nitrogens with zero attached hydrogens (tertiary/aromatic N) is 1. The third kappa shape index (κ3) is 2.55. The number of fused-ring (bicyclic) bond motifs is 1. The van der Waals surface area contributed by atoms with Crippen molar-refractivity contribution >= 4 is 22.4 Å². The van der Waals surface area contributed by atoms with Crippen molar-refractivity contribution in [2.24, 2.45) is 0 Å². The number of ether oxygens (including phenoxy) is 1.